The fourth-order valence-electron chi connectivity index (χ4n) is 2.13. The second-order valence-electron chi connectivity index (χ2n) is 5.70. The normalized spacial score (nSPS) is 14.9. The zero-order valence-corrected chi connectivity index (χ0v) is 16.2. The van der Waals surface area contributed by atoms with Crippen molar-refractivity contribution in [3.05, 3.63) is 11.8 Å². The number of carboxylic acid groups (broad SMARTS) is 2. The number of nitrogens with zero attached hydrogens (tertiary/aromatic N) is 3. The van der Waals surface area contributed by atoms with Crippen LogP contribution in [-0.2, 0) is 9.59 Å². The maximum Gasteiger partial charge on any atom is 0.414 e. The van der Waals surface area contributed by atoms with Crippen molar-refractivity contribution in [2.75, 3.05) is 25.9 Å². The van der Waals surface area contributed by atoms with E-state index in [9.17, 15) is 13.2 Å². The standard InChI is InChI=1S/C13H18F3N3S2.C2H2O4/c1-19-7-4-5-10(9-19)11-12(18-21-17-11)20-8-3-2-6-13(14,15)16;3-1(4)2(5)6/h5H,2-4,6-9H2,1H3;(H,3,4)(H,5,6). The molecule has 0 atom stereocenters. The number of rotatable bonds is 6. The van der Waals surface area contributed by atoms with E-state index in [0.717, 1.165) is 30.2 Å². The number of aliphatic carboxylic acids is 2. The van der Waals surface area contributed by atoms with Gasteiger partial charge in [-0.2, -0.15) is 21.9 Å². The third kappa shape index (κ3) is 9.73. The summed E-state index contributed by atoms with van der Waals surface area (Å²) in [7, 11) is 2.07. The lowest BCUT2D eigenvalue weighted by Gasteiger charge is -2.22. The Kier molecular flexibility index (Phi) is 9.74. The number of aromatic nitrogens is 2. The third-order valence-electron chi connectivity index (χ3n) is 3.38. The Balaban J connectivity index is 0.000000527. The highest BCUT2D eigenvalue weighted by atomic mass is 32.2. The largest absolute Gasteiger partial charge is 0.473 e. The number of unbranched alkanes of at least 4 members (excludes halogenated alkanes) is 1. The van der Waals surface area contributed by atoms with E-state index in [0.29, 0.717) is 12.2 Å². The van der Waals surface area contributed by atoms with Crippen LogP contribution in [0.5, 0.6) is 0 Å². The molecule has 0 aliphatic carbocycles. The van der Waals surface area contributed by atoms with E-state index < -0.39 is 24.5 Å². The van der Waals surface area contributed by atoms with Gasteiger partial charge in [0.25, 0.3) is 0 Å². The summed E-state index contributed by atoms with van der Waals surface area (Å²) in [5, 5.41) is 15.6. The molecule has 1 aliphatic heterocycles. The van der Waals surface area contributed by atoms with Gasteiger partial charge in [-0.1, -0.05) is 6.08 Å². The fraction of sp³-hybridized carbons (Fsp3) is 0.600. The first kappa shape index (κ1) is 23.4. The lowest BCUT2D eigenvalue weighted by Crippen LogP contribution is -2.25. The molecule has 2 rings (SSSR count). The zero-order valence-electron chi connectivity index (χ0n) is 14.5. The van der Waals surface area contributed by atoms with Crippen LogP contribution < -0.4 is 0 Å². The topological polar surface area (TPSA) is 104 Å². The molecule has 0 fully saturated rings. The van der Waals surface area contributed by atoms with E-state index in [4.69, 9.17) is 19.8 Å². The van der Waals surface area contributed by atoms with Gasteiger partial charge in [-0.05, 0) is 37.6 Å². The Bertz CT molecular complexity index is 653. The smallest absolute Gasteiger partial charge is 0.414 e. The summed E-state index contributed by atoms with van der Waals surface area (Å²) < 4.78 is 44.8. The van der Waals surface area contributed by atoms with E-state index in [-0.39, 0.29) is 6.42 Å². The summed E-state index contributed by atoms with van der Waals surface area (Å²) in [6.45, 7) is 1.90. The molecule has 0 amide bonds. The van der Waals surface area contributed by atoms with Gasteiger partial charge < -0.3 is 15.1 Å². The molecule has 0 bridgehead atoms. The molecule has 1 aromatic heterocycles. The maximum absolute atomic E-state index is 12.1. The van der Waals surface area contributed by atoms with Crippen LogP contribution in [0.25, 0.3) is 5.57 Å². The first-order chi connectivity index (χ1) is 12.6. The number of thioether (sulfide) groups is 1. The minimum atomic E-state index is -4.05. The SMILES string of the molecule is CN1CCC=C(c2nsnc2SCCCCC(F)(F)F)C1.O=C(O)C(=O)O. The van der Waals surface area contributed by atoms with Crippen LogP contribution >= 0.6 is 23.5 Å². The number of alkyl halides is 3. The van der Waals surface area contributed by atoms with E-state index >= 15 is 0 Å². The van der Waals surface area contributed by atoms with E-state index in [2.05, 4.69) is 26.8 Å². The fourth-order valence-corrected chi connectivity index (χ4v) is 3.84. The second kappa shape index (κ2) is 11.2. The van der Waals surface area contributed by atoms with E-state index in [1.807, 2.05) is 0 Å². The Morgan fingerprint density at radius 3 is 2.48 bits per heavy atom. The van der Waals surface area contributed by atoms with Gasteiger partial charge in [-0.3, -0.25) is 0 Å². The van der Waals surface area contributed by atoms with Gasteiger partial charge in [0.1, 0.15) is 10.7 Å². The summed E-state index contributed by atoms with van der Waals surface area (Å²) in [5.74, 6) is -3.00. The van der Waals surface area contributed by atoms with Crippen molar-refractivity contribution in [3.8, 4) is 0 Å². The van der Waals surface area contributed by atoms with E-state index in [1.54, 1.807) is 0 Å². The van der Waals surface area contributed by atoms with Gasteiger partial charge >= 0.3 is 18.1 Å². The molecule has 12 heteroatoms. The van der Waals surface area contributed by atoms with Crippen LogP contribution in [0.1, 0.15) is 31.4 Å². The summed E-state index contributed by atoms with van der Waals surface area (Å²) in [6.07, 6.45) is -0.848. The predicted molar refractivity (Wildman–Crippen MR) is 95.9 cm³/mol. The lowest BCUT2D eigenvalue weighted by molar-refractivity contribution is -0.159. The average molecular weight is 427 g/mol. The van der Waals surface area contributed by atoms with Crippen molar-refractivity contribution in [1.82, 2.24) is 13.6 Å². The number of carbonyl (C=O) groups is 2. The first-order valence-electron chi connectivity index (χ1n) is 7.96. The molecule has 0 unspecified atom stereocenters. The monoisotopic (exact) mass is 427 g/mol. The molecule has 1 aliphatic rings. The van der Waals surface area contributed by atoms with Gasteiger partial charge in [0.05, 0.1) is 11.7 Å². The minimum Gasteiger partial charge on any atom is -0.473 e. The van der Waals surface area contributed by atoms with Crippen LogP contribution in [0, 0.1) is 0 Å². The Hall–Kier alpha value is -1.66. The lowest BCUT2D eigenvalue weighted by atomic mass is 10.1. The van der Waals surface area contributed by atoms with Crippen molar-refractivity contribution in [3.63, 3.8) is 0 Å². The van der Waals surface area contributed by atoms with Gasteiger partial charge in [0.15, 0.2) is 0 Å². The predicted octanol–water partition coefficient (Wildman–Crippen LogP) is 3.24. The number of carboxylic acids is 2. The molecule has 7 nitrogen and oxygen atoms in total. The molecule has 27 heavy (non-hydrogen) atoms. The molecule has 0 saturated carbocycles. The highest BCUT2D eigenvalue weighted by Crippen LogP contribution is 2.30. The van der Waals surface area contributed by atoms with Gasteiger partial charge in [-0.15, -0.1) is 11.8 Å². The number of halogens is 3. The van der Waals surface area contributed by atoms with Crippen molar-refractivity contribution < 1.29 is 33.0 Å². The van der Waals surface area contributed by atoms with Crippen LogP contribution in [0.15, 0.2) is 11.1 Å². The number of hydrogen-bond acceptors (Lipinski definition) is 7. The van der Waals surface area contributed by atoms with Crippen molar-refractivity contribution in [2.45, 2.75) is 36.9 Å². The molecule has 152 valence electrons. The molecule has 2 N–H and O–H groups in total. The zero-order chi connectivity index (χ0) is 20.4. The molecule has 2 heterocycles. The first-order valence-corrected chi connectivity index (χ1v) is 9.68. The van der Waals surface area contributed by atoms with E-state index in [1.165, 1.54) is 29.1 Å². The molecular weight excluding hydrogens is 407 g/mol. The molecule has 1 aromatic rings. The second-order valence-corrected chi connectivity index (χ2v) is 7.32. The van der Waals surface area contributed by atoms with Crippen molar-refractivity contribution in [1.29, 1.82) is 0 Å². The van der Waals surface area contributed by atoms with Crippen LogP contribution in [0.2, 0.25) is 0 Å². The summed E-state index contributed by atoms with van der Waals surface area (Å²) in [5.41, 5.74) is 2.09. The maximum atomic E-state index is 12.1. The molecule has 0 saturated heterocycles. The molecule has 0 spiro atoms. The number of likely N-dealkylation sites (N-methyl/N-ethyl adjacent to an activating group) is 1. The average Bonchev–Trinajstić information content (AvgIpc) is 3.02. The third-order valence-corrected chi connectivity index (χ3v) is 5.08. The van der Waals surface area contributed by atoms with Gasteiger partial charge in [-0.25, -0.2) is 9.59 Å². The Morgan fingerprint density at radius 2 is 1.93 bits per heavy atom. The minimum absolute atomic E-state index is 0.175. The molecular formula is C15H20F3N3O4S2. The van der Waals surface area contributed by atoms with Crippen LogP contribution in [0.4, 0.5) is 13.2 Å². The quantitative estimate of drug-likeness (QED) is 0.405. The molecule has 0 aromatic carbocycles. The Labute approximate surface area is 162 Å². The van der Waals surface area contributed by atoms with Crippen molar-refractivity contribution in [2.24, 2.45) is 0 Å². The summed E-state index contributed by atoms with van der Waals surface area (Å²) in [4.78, 5) is 20.4. The summed E-state index contributed by atoms with van der Waals surface area (Å²) >= 11 is 2.68. The highest BCUT2D eigenvalue weighted by Gasteiger charge is 2.26. The van der Waals surface area contributed by atoms with Gasteiger partial charge in [0, 0.05) is 19.5 Å². The van der Waals surface area contributed by atoms with Gasteiger partial charge in [0.2, 0.25) is 0 Å². The van der Waals surface area contributed by atoms with Crippen molar-refractivity contribution >= 4 is 41.0 Å². The van der Waals surface area contributed by atoms with Crippen LogP contribution in [-0.4, -0.2) is 67.9 Å². The highest BCUT2D eigenvalue weighted by molar-refractivity contribution is 7.99. The summed E-state index contributed by atoms with van der Waals surface area (Å²) in [6, 6.07) is 0. The van der Waals surface area contributed by atoms with Crippen LogP contribution in [0.3, 0.4) is 0 Å². The molecule has 0 radical (unpaired) electrons. The number of hydrogen-bond donors (Lipinski definition) is 2. The Morgan fingerprint density at radius 1 is 1.26 bits per heavy atom.